The van der Waals surface area contributed by atoms with E-state index in [0.29, 0.717) is 12.5 Å². The van der Waals surface area contributed by atoms with Crippen LogP contribution in [-0.4, -0.2) is 20.9 Å². The van der Waals surface area contributed by atoms with Crippen molar-refractivity contribution in [3.63, 3.8) is 0 Å². The molecule has 1 fully saturated rings. The number of hydrogen-bond donors (Lipinski definition) is 1. The van der Waals surface area contributed by atoms with E-state index < -0.39 is 25.7 Å². The number of carbonyl (C=O) groups excluding carboxylic acids is 1. The highest BCUT2D eigenvalue weighted by Gasteiger charge is 2.23. The maximum atomic E-state index is 13.5. The van der Waals surface area contributed by atoms with Gasteiger partial charge in [0, 0.05) is 17.2 Å². The molecule has 1 aliphatic rings. The molecule has 0 saturated heterocycles. The molecule has 1 amide bonds. The van der Waals surface area contributed by atoms with Crippen LogP contribution in [0, 0.1) is 11.7 Å². The van der Waals surface area contributed by atoms with Crippen molar-refractivity contribution in [3.05, 3.63) is 28.0 Å². The van der Waals surface area contributed by atoms with E-state index in [1.165, 1.54) is 0 Å². The van der Waals surface area contributed by atoms with Gasteiger partial charge in [-0.1, -0.05) is 12.8 Å². The second-order valence-corrected chi connectivity index (χ2v) is 8.39. The smallest absolute Gasteiger partial charge is 0.262 e. The fourth-order valence-electron chi connectivity index (χ4n) is 2.45. The zero-order chi connectivity index (χ0) is 15.6. The van der Waals surface area contributed by atoms with Crippen molar-refractivity contribution in [2.24, 2.45) is 5.92 Å². The van der Waals surface area contributed by atoms with Gasteiger partial charge >= 0.3 is 0 Å². The fraction of sp³-hybridized carbons (Fsp3) is 0.462. The number of hydrogen-bond acceptors (Lipinski definition) is 3. The molecule has 0 aliphatic heterocycles. The van der Waals surface area contributed by atoms with E-state index >= 15 is 0 Å². The molecule has 2 rings (SSSR count). The third-order valence-corrected chi connectivity index (χ3v) is 6.00. The number of nitrogens with one attached hydrogen (secondary N) is 1. The molecule has 0 atom stereocenters. The summed E-state index contributed by atoms with van der Waals surface area (Å²) in [6.45, 7) is 0.505. The van der Waals surface area contributed by atoms with E-state index in [1.54, 1.807) is 0 Å². The Balaban J connectivity index is 2.22. The van der Waals surface area contributed by atoms with Gasteiger partial charge in [0.25, 0.3) is 15.0 Å². The maximum Gasteiger partial charge on any atom is 0.262 e. The molecule has 0 radical (unpaired) electrons. The van der Waals surface area contributed by atoms with Crippen molar-refractivity contribution in [1.29, 1.82) is 0 Å². The van der Waals surface area contributed by atoms with Crippen molar-refractivity contribution in [2.75, 3.05) is 6.54 Å². The molecule has 1 aromatic carbocycles. The van der Waals surface area contributed by atoms with E-state index in [-0.39, 0.29) is 10.0 Å². The van der Waals surface area contributed by atoms with Crippen LogP contribution in [0.2, 0.25) is 0 Å². The number of halogens is 3. The first-order valence-electron chi connectivity index (χ1n) is 6.51. The first-order chi connectivity index (χ1) is 9.79. The van der Waals surface area contributed by atoms with Gasteiger partial charge in [0.2, 0.25) is 0 Å². The van der Waals surface area contributed by atoms with Gasteiger partial charge in [-0.25, -0.2) is 12.8 Å². The SMILES string of the molecule is O=C(NCC1CCCC1)c1cc(F)cc(S(=O)(=O)Cl)c1Br. The first kappa shape index (κ1) is 16.7. The van der Waals surface area contributed by atoms with E-state index in [4.69, 9.17) is 10.7 Å². The summed E-state index contributed by atoms with van der Waals surface area (Å²) >= 11 is 3.01. The predicted molar refractivity (Wildman–Crippen MR) is 81.4 cm³/mol. The van der Waals surface area contributed by atoms with Crippen LogP contribution in [0.25, 0.3) is 0 Å². The normalized spacial score (nSPS) is 16.1. The molecule has 0 bridgehead atoms. The summed E-state index contributed by atoms with van der Waals surface area (Å²) in [4.78, 5) is 11.7. The van der Waals surface area contributed by atoms with Gasteiger partial charge in [0.1, 0.15) is 10.7 Å². The molecule has 0 unspecified atom stereocenters. The molecule has 0 spiro atoms. The molecule has 21 heavy (non-hydrogen) atoms. The van der Waals surface area contributed by atoms with Crippen molar-refractivity contribution in [2.45, 2.75) is 30.6 Å². The number of rotatable bonds is 4. The zero-order valence-electron chi connectivity index (χ0n) is 11.0. The summed E-state index contributed by atoms with van der Waals surface area (Å²) in [6, 6.07) is 1.76. The Hall–Kier alpha value is -0.660. The third kappa shape index (κ3) is 4.17. The zero-order valence-corrected chi connectivity index (χ0v) is 14.2. The largest absolute Gasteiger partial charge is 0.352 e. The van der Waals surface area contributed by atoms with Crippen LogP contribution in [-0.2, 0) is 9.05 Å². The Bertz CT molecular complexity index is 660. The minimum atomic E-state index is -4.14. The van der Waals surface area contributed by atoms with Crippen LogP contribution in [0.5, 0.6) is 0 Å². The molecule has 1 saturated carbocycles. The second-order valence-electron chi connectivity index (χ2n) is 5.06. The number of benzene rings is 1. The summed E-state index contributed by atoms with van der Waals surface area (Å²) < 4.78 is 36.3. The summed E-state index contributed by atoms with van der Waals surface area (Å²) in [6.07, 6.45) is 4.43. The molecular weight excluding hydrogens is 385 g/mol. The fourth-order valence-corrected chi connectivity index (χ4v) is 4.72. The lowest BCUT2D eigenvalue weighted by atomic mass is 10.1. The van der Waals surface area contributed by atoms with Crippen molar-refractivity contribution in [1.82, 2.24) is 5.32 Å². The number of carbonyl (C=O) groups is 1. The summed E-state index contributed by atoms with van der Waals surface area (Å²) in [5, 5.41) is 2.71. The van der Waals surface area contributed by atoms with Crippen LogP contribution in [0.1, 0.15) is 36.0 Å². The average Bonchev–Trinajstić information content (AvgIpc) is 2.90. The molecule has 1 aromatic rings. The van der Waals surface area contributed by atoms with Gasteiger partial charge in [0.15, 0.2) is 0 Å². The monoisotopic (exact) mass is 397 g/mol. The van der Waals surface area contributed by atoms with Crippen molar-refractivity contribution >= 4 is 41.6 Å². The van der Waals surface area contributed by atoms with Gasteiger partial charge in [-0.05, 0) is 46.8 Å². The van der Waals surface area contributed by atoms with E-state index in [9.17, 15) is 17.6 Å². The standard InChI is InChI=1S/C13H14BrClFNO3S/c14-12-10(5-9(16)6-11(12)21(15,19)20)13(18)17-7-8-3-1-2-4-8/h5-6,8H,1-4,7H2,(H,17,18). The summed E-state index contributed by atoms with van der Waals surface area (Å²) in [7, 11) is 1.10. The Kier molecular flexibility index (Phi) is 5.27. The molecule has 116 valence electrons. The predicted octanol–water partition coefficient (Wildman–Crippen LogP) is 3.44. The maximum absolute atomic E-state index is 13.5. The van der Waals surface area contributed by atoms with Crippen LogP contribution in [0.15, 0.2) is 21.5 Å². The lowest BCUT2D eigenvalue weighted by molar-refractivity contribution is 0.0946. The van der Waals surface area contributed by atoms with E-state index in [0.717, 1.165) is 37.8 Å². The summed E-state index contributed by atoms with van der Waals surface area (Å²) in [5.41, 5.74) is -0.0766. The molecule has 0 heterocycles. The molecule has 1 aliphatic carbocycles. The Morgan fingerprint density at radius 1 is 1.38 bits per heavy atom. The van der Waals surface area contributed by atoms with Gasteiger partial charge in [-0.3, -0.25) is 4.79 Å². The Morgan fingerprint density at radius 3 is 2.57 bits per heavy atom. The molecule has 8 heteroatoms. The highest BCUT2D eigenvalue weighted by atomic mass is 79.9. The molecule has 1 N–H and O–H groups in total. The van der Waals surface area contributed by atoms with Gasteiger partial charge in [0.05, 0.1) is 10.0 Å². The van der Waals surface area contributed by atoms with Crippen LogP contribution >= 0.6 is 26.6 Å². The van der Waals surface area contributed by atoms with E-state index in [1.807, 2.05) is 0 Å². The van der Waals surface area contributed by atoms with Gasteiger partial charge in [-0.2, -0.15) is 0 Å². The Morgan fingerprint density at radius 2 is 2.00 bits per heavy atom. The van der Waals surface area contributed by atoms with E-state index in [2.05, 4.69) is 21.2 Å². The topological polar surface area (TPSA) is 63.2 Å². The highest BCUT2D eigenvalue weighted by molar-refractivity contribution is 9.10. The molecule has 0 aromatic heterocycles. The second kappa shape index (κ2) is 6.62. The van der Waals surface area contributed by atoms with Crippen LogP contribution in [0.4, 0.5) is 4.39 Å². The minimum Gasteiger partial charge on any atom is -0.352 e. The Labute approximate surface area is 135 Å². The lowest BCUT2D eigenvalue weighted by Gasteiger charge is -2.12. The van der Waals surface area contributed by atoms with Crippen LogP contribution in [0.3, 0.4) is 0 Å². The lowest BCUT2D eigenvalue weighted by Crippen LogP contribution is -2.29. The van der Waals surface area contributed by atoms with Crippen LogP contribution < -0.4 is 5.32 Å². The van der Waals surface area contributed by atoms with Gasteiger partial charge in [-0.15, -0.1) is 0 Å². The van der Waals surface area contributed by atoms with Crippen molar-refractivity contribution < 1.29 is 17.6 Å². The average molecular weight is 399 g/mol. The quantitative estimate of drug-likeness (QED) is 0.790. The molecule has 4 nitrogen and oxygen atoms in total. The number of amides is 1. The van der Waals surface area contributed by atoms with Crippen molar-refractivity contribution in [3.8, 4) is 0 Å². The minimum absolute atomic E-state index is 0.0252. The summed E-state index contributed by atoms with van der Waals surface area (Å²) in [5.74, 6) is -0.921. The first-order valence-corrected chi connectivity index (χ1v) is 9.61. The highest BCUT2D eigenvalue weighted by Crippen LogP contribution is 2.30. The van der Waals surface area contributed by atoms with Gasteiger partial charge < -0.3 is 5.32 Å². The molecular formula is C13H14BrClFNO3S. The third-order valence-electron chi connectivity index (χ3n) is 3.54.